The topological polar surface area (TPSA) is 51.6 Å². The van der Waals surface area contributed by atoms with Crippen molar-refractivity contribution in [3.05, 3.63) is 164 Å². The van der Waals surface area contributed by atoms with Crippen molar-refractivity contribution < 1.29 is 0 Å². The molecule has 4 heteroatoms. The van der Waals surface area contributed by atoms with Crippen LogP contribution < -0.4 is 0 Å². The molecule has 0 amide bonds. The van der Waals surface area contributed by atoms with Crippen LogP contribution in [-0.2, 0) is 6.42 Å². The fourth-order valence-corrected chi connectivity index (χ4v) is 6.69. The molecule has 2 heterocycles. The van der Waals surface area contributed by atoms with Gasteiger partial charge in [0, 0.05) is 34.5 Å². The highest BCUT2D eigenvalue weighted by atomic mass is 15.0. The van der Waals surface area contributed by atoms with Gasteiger partial charge in [-0.2, -0.15) is 0 Å². The Morgan fingerprint density at radius 2 is 1.20 bits per heavy atom. The second kappa shape index (κ2) is 13.1. The number of aromatic nitrogens is 4. The Kier molecular flexibility index (Phi) is 8.04. The zero-order chi connectivity index (χ0) is 33.2. The van der Waals surface area contributed by atoms with Gasteiger partial charge in [-0.25, -0.2) is 15.0 Å². The molecule has 6 aromatic carbocycles. The fourth-order valence-electron chi connectivity index (χ4n) is 6.69. The summed E-state index contributed by atoms with van der Waals surface area (Å²) in [5, 5.41) is 4.64. The van der Waals surface area contributed by atoms with Gasteiger partial charge in [0.25, 0.3) is 0 Å². The Balaban J connectivity index is 1.37. The monoisotopic (exact) mass is 630 g/mol. The van der Waals surface area contributed by atoms with E-state index in [1.165, 1.54) is 21.9 Å². The third-order valence-electron chi connectivity index (χ3n) is 9.09. The standard InChI is InChI=1S/C45H34N4/c1-3-12-30-19-20-35-25-34(21-22-41(35)39(30)4-2)36-26-37(40-18-11-17-31-23-24-46-29-42(31)40)28-38(27-36)45-48-43(32-13-7-5-8-14-32)47-44(49-45)33-15-9-6-10-16-33/h4-11,13-29H,2-3,12H2,1H3. The second-order valence-corrected chi connectivity index (χ2v) is 12.3. The van der Waals surface area contributed by atoms with Gasteiger partial charge in [-0.05, 0) is 86.3 Å². The molecule has 8 aromatic rings. The first kappa shape index (κ1) is 30.1. The SMILES string of the molecule is C=Cc1c(CCC)ccc2cc(-c3cc(-c4nc(-c5ccccc5)nc(-c5ccccc5)n4)cc(-c4cccc5ccncc45)c3)ccc12. The molecule has 0 spiro atoms. The van der Waals surface area contributed by atoms with Crippen LogP contribution in [0.1, 0.15) is 24.5 Å². The summed E-state index contributed by atoms with van der Waals surface area (Å²) in [6, 6.07) is 46.5. The van der Waals surface area contributed by atoms with Crippen LogP contribution in [0.15, 0.2) is 152 Å². The lowest BCUT2D eigenvalue weighted by Crippen LogP contribution is -2.00. The number of hydrogen-bond donors (Lipinski definition) is 0. The van der Waals surface area contributed by atoms with Gasteiger partial charge in [0.05, 0.1) is 0 Å². The summed E-state index contributed by atoms with van der Waals surface area (Å²) in [5.41, 5.74) is 9.72. The molecule has 2 aromatic heterocycles. The molecular weight excluding hydrogens is 597 g/mol. The van der Waals surface area contributed by atoms with Gasteiger partial charge in [0.1, 0.15) is 0 Å². The molecule has 0 N–H and O–H groups in total. The van der Waals surface area contributed by atoms with Crippen molar-refractivity contribution in [2.24, 2.45) is 0 Å². The summed E-state index contributed by atoms with van der Waals surface area (Å²) in [6.07, 6.45) is 7.91. The van der Waals surface area contributed by atoms with E-state index in [-0.39, 0.29) is 0 Å². The van der Waals surface area contributed by atoms with Gasteiger partial charge < -0.3 is 0 Å². The highest BCUT2D eigenvalue weighted by Crippen LogP contribution is 2.37. The normalized spacial score (nSPS) is 11.2. The molecule has 0 aliphatic heterocycles. The van der Waals surface area contributed by atoms with Gasteiger partial charge in [0.2, 0.25) is 0 Å². The molecule has 234 valence electrons. The molecule has 49 heavy (non-hydrogen) atoms. The minimum absolute atomic E-state index is 0.619. The number of hydrogen-bond acceptors (Lipinski definition) is 4. The first-order valence-corrected chi connectivity index (χ1v) is 16.7. The third kappa shape index (κ3) is 5.90. The van der Waals surface area contributed by atoms with Crippen LogP contribution >= 0.6 is 0 Å². The maximum atomic E-state index is 5.09. The maximum Gasteiger partial charge on any atom is 0.164 e. The van der Waals surface area contributed by atoms with Crippen molar-refractivity contribution in [2.75, 3.05) is 0 Å². The minimum Gasteiger partial charge on any atom is -0.264 e. The van der Waals surface area contributed by atoms with Gasteiger partial charge in [0.15, 0.2) is 17.5 Å². The molecule has 8 rings (SSSR count). The third-order valence-corrected chi connectivity index (χ3v) is 9.09. The Bertz CT molecular complexity index is 2410. The van der Waals surface area contributed by atoms with Gasteiger partial charge in [-0.15, -0.1) is 0 Å². The van der Waals surface area contributed by atoms with Gasteiger partial charge in [-0.3, -0.25) is 4.98 Å². The smallest absolute Gasteiger partial charge is 0.164 e. The number of aryl methyl sites for hydroxylation is 1. The van der Waals surface area contributed by atoms with E-state index in [0.29, 0.717) is 17.5 Å². The first-order valence-electron chi connectivity index (χ1n) is 16.7. The molecule has 0 aliphatic rings. The summed E-state index contributed by atoms with van der Waals surface area (Å²) in [5.74, 6) is 1.89. The van der Waals surface area contributed by atoms with E-state index in [9.17, 15) is 0 Å². The quantitative estimate of drug-likeness (QED) is 0.168. The highest BCUT2D eigenvalue weighted by Gasteiger charge is 2.16. The first-order chi connectivity index (χ1) is 24.2. The molecule has 0 aliphatic carbocycles. The van der Waals surface area contributed by atoms with Crippen LogP contribution in [0.25, 0.3) is 84.0 Å². The molecule has 0 atom stereocenters. The van der Waals surface area contributed by atoms with Gasteiger partial charge in [-0.1, -0.05) is 129 Å². The summed E-state index contributed by atoms with van der Waals surface area (Å²) in [7, 11) is 0. The zero-order valence-corrected chi connectivity index (χ0v) is 27.3. The van der Waals surface area contributed by atoms with Gasteiger partial charge >= 0.3 is 0 Å². The van der Waals surface area contributed by atoms with Crippen molar-refractivity contribution in [3.8, 4) is 56.4 Å². The molecule has 0 fully saturated rings. The molecular formula is C45H34N4. The zero-order valence-electron chi connectivity index (χ0n) is 27.3. The number of benzene rings is 6. The summed E-state index contributed by atoms with van der Waals surface area (Å²) in [6.45, 7) is 6.37. The Hall–Kier alpha value is -6.26. The van der Waals surface area contributed by atoms with Crippen LogP contribution in [0.3, 0.4) is 0 Å². The molecule has 0 unspecified atom stereocenters. The lowest BCUT2D eigenvalue weighted by atomic mass is 9.91. The van der Waals surface area contributed by atoms with E-state index < -0.39 is 0 Å². The molecule has 0 saturated heterocycles. The van der Waals surface area contributed by atoms with Crippen LogP contribution in [0.2, 0.25) is 0 Å². The predicted octanol–water partition coefficient (Wildman–Crippen LogP) is 11.5. The van der Waals surface area contributed by atoms with Crippen molar-refractivity contribution in [3.63, 3.8) is 0 Å². The van der Waals surface area contributed by atoms with E-state index in [2.05, 4.69) is 91.3 Å². The van der Waals surface area contributed by atoms with Crippen LogP contribution in [0, 0.1) is 0 Å². The average molecular weight is 631 g/mol. The number of pyridine rings is 1. The van der Waals surface area contributed by atoms with E-state index in [0.717, 1.165) is 62.6 Å². The van der Waals surface area contributed by atoms with Crippen molar-refractivity contribution in [1.82, 2.24) is 19.9 Å². The number of rotatable bonds is 8. The van der Waals surface area contributed by atoms with E-state index in [1.807, 2.05) is 79.1 Å². The lowest BCUT2D eigenvalue weighted by molar-refractivity contribution is 0.921. The molecule has 0 bridgehead atoms. The van der Waals surface area contributed by atoms with E-state index in [4.69, 9.17) is 15.0 Å². The summed E-state index contributed by atoms with van der Waals surface area (Å²) in [4.78, 5) is 19.6. The Labute approximate surface area is 286 Å². The average Bonchev–Trinajstić information content (AvgIpc) is 3.18. The largest absolute Gasteiger partial charge is 0.264 e. The predicted molar refractivity (Wildman–Crippen MR) is 204 cm³/mol. The minimum atomic E-state index is 0.619. The van der Waals surface area contributed by atoms with Crippen LogP contribution in [0.4, 0.5) is 0 Å². The van der Waals surface area contributed by atoms with Crippen LogP contribution in [-0.4, -0.2) is 19.9 Å². The molecule has 0 saturated carbocycles. The fraction of sp³-hybridized carbons (Fsp3) is 0.0667. The highest BCUT2D eigenvalue weighted by molar-refractivity contribution is 5.99. The number of nitrogens with zero attached hydrogens (tertiary/aromatic N) is 4. The molecule has 4 nitrogen and oxygen atoms in total. The van der Waals surface area contributed by atoms with Crippen LogP contribution in [0.5, 0.6) is 0 Å². The summed E-state index contributed by atoms with van der Waals surface area (Å²) >= 11 is 0. The Morgan fingerprint density at radius 1 is 0.531 bits per heavy atom. The van der Waals surface area contributed by atoms with E-state index >= 15 is 0 Å². The Morgan fingerprint density at radius 3 is 1.90 bits per heavy atom. The lowest BCUT2D eigenvalue weighted by Gasteiger charge is -2.15. The molecule has 0 radical (unpaired) electrons. The number of fused-ring (bicyclic) bond motifs is 2. The van der Waals surface area contributed by atoms with E-state index in [1.54, 1.807) is 0 Å². The summed E-state index contributed by atoms with van der Waals surface area (Å²) < 4.78 is 0. The van der Waals surface area contributed by atoms with Crippen molar-refractivity contribution in [2.45, 2.75) is 19.8 Å². The van der Waals surface area contributed by atoms with Crippen molar-refractivity contribution >= 4 is 27.6 Å². The van der Waals surface area contributed by atoms with Crippen molar-refractivity contribution in [1.29, 1.82) is 0 Å². The maximum absolute atomic E-state index is 5.09. The second-order valence-electron chi connectivity index (χ2n) is 12.3.